The van der Waals surface area contributed by atoms with Gasteiger partial charge < -0.3 is 0 Å². The van der Waals surface area contributed by atoms with Crippen LogP contribution in [0.2, 0.25) is 5.02 Å². The molecule has 0 fully saturated rings. The number of aryl methyl sites for hydroxylation is 2. The maximum Gasteiger partial charge on any atom is 0.0849 e. The monoisotopic (exact) mass is 320 g/mol. The van der Waals surface area contributed by atoms with Crippen LogP contribution in [0.15, 0.2) is 0 Å². The third-order valence-electron chi connectivity index (χ3n) is 3.12. The first kappa shape index (κ1) is 15.0. The molecule has 98 valence electrons. The summed E-state index contributed by atoms with van der Waals surface area (Å²) in [5, 5.41) is 5.30. The van der Waals surface area contributed by atoms with Crippen LogP contribution in [-0.4, -0.2) is 14.6 Å². The molecule has 0 amide bonds. The van der Waals surface area contributed by atoms with Crippen molar-refractivity contribution < 1.29 is 0 Å². The lowest BCUT2D eigenvalue weighted by Gasteiger charge is -2.13. The summed E-state index contributed by atoms with van der Waals surface area (Å²) in [4.78, 5) is 0.597. The Bertz CT molecular complexity index is 361. The van der Waals surface area contributed by atoms with E-state index in [9.17, 15) is 0 Å². The molecule has 17 heavy (non-hydrogen) atoms. The highest BCUT2D eigenvalue weighted by atomic mass is 79.9. The van der Waals surface area contributed by atoms with Gasteiger partial charge in [0.1, 0.15) is 0 Å². The first-order chi connectivity index (χ1) is 7.97. The summed E-state index contributed by atoms with van der Waals surface area (Å²) in [6, 6.07) is 0. The maximum atomic E-state index is 6.31. The number of alkyl halides is 1. The maximum absolute atomic E-state index is 6.31. The summed E-state index contributed by atoms with van der Waals surface area (Å²) in [5.74, 6) is 0.684. The number of halogens is 2. The largest absolute Gasteiger partial charge is 0.271 e. The lowest BCUT2D eigenvalue weighted by Crippen LogP contribution is -2.08. The van der Waals surface area contributed by atoms with Crippen LogP contribution in [0.4, 0.5) is 0 Å². The van der Waals surface area contributed by atoms with Crippen LogP contribution in [0.3, 0.4) is 0 Å². The van der Waals surface area contributed by atoms with E-state index in [1.54, 1.807) is 0 Å². The average molecular weight is 322 g/mol. The smallest absolute Gasteiger partial charge is 0.0849 e. The zero-order chi connectivity index (χ0) is 13.0. The Labute approximate surface area is 118 Å². The highest BCUT2D eigenvalue weighted by Gasteiger charge is 2.14. The van der Waals surface area contributed by atoms with Crippen molar-refractivity contribution in [3.63, 3.8) is 0 Å². The van der Waals surface area contributed by atoms with Gasteiger partial charge in [-0.2, -0.15) is 5.10 Å². The van der Waals surface area contributed by atoms with E-state index in [2.05, 4.69) is 41.8 Å². The lowest BCUT2D eigenvalue weighted by atomic mass is 10.0. The molecule has 0 spiro atoms. The Morgan fingerprint density at radius 3 is 2.53 bits per heavy atom. The van der Waals surface area contributed by atoms with Crippen molar-refractivity contribution in [3.8, 4) is 0 Å². The van der Waals surface area contributed by atoms with Crippen LogP contribution in [-0.2, 0) is 19.9 Å². The van der Waals surface area contributed by atoms with E-state index in [1.807, 2.05) is 11.7 Å². The number of hydrogen-bond donors (Lipinski definition) is 0. The van der Waals surface area contributed by atoms with Crippen LogP contribution in [0.25, 0.3) is 0 Å². The fourth-order valence-corrected chi connectivity index (χ4v) is 2.60. The van der Waals surface area contributed by atoms with Crippen LogP contribution in [0, 0.1) is 5.92 Å². The Kier molecular flexibility index (Phi) is 6.01. The summed E-state index contributed by atoms with van der Waals surface area (Å²) in [6.45, 7) is 6.57. The molecular weight excluding hydrogens is 300 g/mol. The second-order valence-electron chi connectivity index (χ2n) is 4.84. The van der Waals surface area contributed by atoms with Gasteiger partial charge in [0.25, 0.3) is 0 Å². The molecule has 0 aliphatic rings. The molecule has 1 unspecified atom stereocenters. The van der Waals surface area contributed by atoms with Crippen molar-refractivity contribution in [2.45, 2.75) is 51.3 Å². The molecular formula is C13H22BrClN2. The first-order valence-electron chi connectivity index (χ1n) is 6.31. The molecule has 0 saturated heterocycles. The minimum absolute atomic E-state index is 0.597. The molecule has 1 rings (SSSR count). The molecule has 4 heteroatoms. The summed E-state index contributed by atoms with van der Waals surface area (Å²) in [5.41, 5.74) is 2.19. The van der Waals surface area contributed by atoms with E-state index in [0.717, 1.165) is 30.0 Å². The number of rotatable bonds is 6. The Morgan fingerprint density at radius 2 is 2.06 bits per heavy atom. The Hall–Kier alpha value is -0.0200. The van der Waals surface area contributed by atoms with Gasteiger partial charge in [0.2, 0.25) is 0 Å². The van der Waals surface area contributed by atoms with Crippen molar-refractivity contribution in [2.24, 2.45) is 13.0 Å². The van der Waals surface area contributed by atoms with Crippen molar-refractivity contribution in [1.29, 1.82) is 0 Å². The van der Waals surface area contributed by atoms with Crippen molar-refractivity contribution >= 4 is 27.5 Å². The van der Waals surface area contributed by atoms with E-state index in [0.29, 0.717) is 10.7 Å². The molecule has 0 N–H and O–H groups in total. The quantitative estimate of drug-likeness (QED) is 0.711. The predicted molar refractivity (Wildman–Crippen MR) is 78.1 cm³/mol. The average Bonchev–Trinajstić information content (AvgIpc) is 2.55. The molecule has 0 saturated carbocycles. The Balaban J connectivity index is 2.55. The molecule has 0 radical (unpaired) electrons. The van der Waals surface area contributed by atoms with E-state index in [-0.39, 0.29) is 0 Å². The van der Waals surface area contributed by atoms with Crippen LogP contribution in [0.1, 0.15) is 45.0 Å². The van der Waals surface area contributed by atoms with Gasteiger partial charge in [0.15, 0.2) is 0 Å². The van der Waals surface area contributed by atoms with E-state index < -0.39 is 0 Å². The molecule has 0 aliphatic carbocycles. The Morgan fingerprint density at radius 1 is 1.41 bits per heavy atom. The molecule has 2 nitrogen and oxygen atoms in total. The van der Waals surface area contributed by atoms with Crippen molar-refractivity contribution in [2.75, 3.05) is 0 Å². The molecule has 0 bridgehead atoms. The van der Waals surface area contributed by atoms with Gasteiger partial charge >= 0.3 is 0 Å². The van der Waals surface area contributed by atoms with E-state index >= 15 is 0 Å². The van der Waals surface area contributed by atoms with Gasteiger partial charge in [0, 0.05) is 11.9 Å². The first-order valence-corrected chi connectivity index (χ1v) is 7.61. The highest BCUT2D eigenvalue weighted by molar-refractivity contribution is 9.09. The molecule has 1 atom stereocenters. The summed E-state index contributed by atoms with van der Waals surface area (Å²) >= 11 is 10.0. The van der Waals surface area contributed by atoms with Crippen molar-refractivity contribution in [1.82, 2.24) is 9.78 Å². The highest BCUT2D eigenvalue weighted by Crippen LogP contribution is 2.24. The minimum atomic E-state index is 0.597. The number of aromatic nitrogens is 2. The predicted octanol–water partition coefficient (Wildman–Crippen LogP) is 4.38. The van der Waals surface area contributed by atoms with Gasteiger partial charge in [0.05, 0.1) is 16.4 Å². The molecule has 1 aromatic heterocycles. The second kappa shape index (κ2) is 6.79. The SMILES string of the molecule is CCc1nn(C)c(CCCC(Br)C(C)C)c1Cl. The number of hydrogen-bond acceptors (Lipinski definition) is 1. The third kappa shape index (κ3) is 3.99. The molecule has 0 aromatic carbocycles. The molecule has 0 aliphatic heterocycles. The van der Waals surface area contributed by atoms with E-state index in [4.69, 9.17) is 11.6 Å². The lowest BCUT2D eigenvalue weighted by molar-refractivity contribution is 0.554. The second-order valence-corrected chi connectivity index (χ2v) is 6.39. The van der Waals surface area contributed by atoms with Crippen molar-refractivity contribution in [3.05, 3.63) is 16.4 Å². The summed E-state index contributed by atoms with van der Waals surface area (Å²) in [7, 11) is 1.98. The van der Waals surface area contributed by atoms with Crippen LogP contribution < -0.4 is 0 Å². The zero-order valence-electron chi connectivity index (χ0n) is 11.1. The van der Waals surface area contributed by atoms with Crippen LogP contribution in [0.5, 0.6) is 0 Å². The minimum Gasteiger partial charge on any atom is -0.271 e. The topological polar surface area (TPSA) is 17.8 Å². The normalized spacial score (nSPS) is 13.4. The van der Waals surface area contributed by atoms with Gasteiger partial charge in [-0.05, 0) is 31.6 Å². The van der Waals surface area contributed by atoms with Gasteiger partial charge in [-0.1, -0.05) is 48.3 Å². The number of nitrogens with zero attached hydrogens (tertiary/aromatic N) is 2. The third-order valence-corrected chi connectivity index (χ3v) is 5.07. The van der Waals surface area contributed by atoms with Gasteiger partial charge in [-0.25, -0.2) is 0 Å². The molecule has 1 heterocycles. The summed E-state index contributed by atoms with van der Waals surface area (Å²) in [6.07, 6.45) is 4.24. The molecule has 1 aromatic rings. The fraction of sp³-hybridized carbons (Fsp3) is 0.769. The summed E-state index contributed by atoms with van der Waals surface area (Å²) < 4.78 is 1.93. The van der Waals surface area contributed by atoms with Crippen LogP contribution >= 0.6 is 27.5 Å². The zero-order valence-corrected chi connectivity index (χ0v) is 13.5. The standard InChI is InChI=1S/C13H22BrClN2/c1-5-11-13(15)12(17(4)16-11)8-6-7-10(14)9(2)3/h9-10H,5-8H2,1-4H3. The van der Waals surface area contributed by atoms with Gasteiger partial charge in [-0.3, -0.25) is 4.68 Å². The fourth-order valence-electron chi connectivity index (χ4n) is 1.89. The van der Waals surface area contributed by atoms with E-state index in [1.165, 1.54) is 12.1 Å². The van der Waals surface area contributed by atoms with Gasteiger partial charge in [-0.15, -0.1) is 0 Å².